The van der Waals surface area contributed by atoms with Gasteiger partial charge >= 0.3 is 0 Å². The quantitative estimate of drug-likeness (QED) is 0.871. The minimum absolute atomic E-state index is 0.000329. The van der Waals surface area contributed by atoms with Crippen LogP contribution in [0.4, 0.5) is 0 Å². The lowest BCUT2D eigenvalue weighted by Crippen LogP contribution is -2.35. The second-order valence-corrected chi connectivity index (χ2v) is 5.92. The second-order valence-electron chi connectivity index (χ2n) is 5.92. The van der Waals surface area contributed by atoms with Gasteiger partial charge in [-0.05, 0) is 47.7 Å². The van der Waals surface area contributed by atoms with Crippen LogP contribution in [-0.2, 0) is 4.74 Å². The van der Waals surface area contributed by atoms with Crippen molar-refractivity contribution in [2.75, 3.05) is 13.7 Å². The van der Waals surface area contributed by atoms with Crippen LogP contribution in [0.3, 0.4) is 0 Å². The van der Waals surface area contributed by atoms with Crippen molar-refractivity contribution in [3.8, 4) is 0 Å². The van der Waals surface area contributed by atoms with Crippen LogP contribution in [0.25, 0.3) is 10.8 Å². The van der Waals surface area contributed by atoms with Gasteiger partial charge in [-0.2, -0.15) is 0 Å². The third kappa shape index (κ3) is 3.66. The third-order valence-corrected chi connectivity index (χ3v) is 4.11. The number of hydrogen-bond donors (Lipinski definition) is 1. The predicted octanol–water partition coefficient (Wildman–Crippen LogP) is 4.12. The van der Waals surface area contributed by atoms with Crippen LogP contribution in [0.15, 0.2) is 36.4 Å². The molecule has 2 unspecified atom stereocenters. The Morgan fingerprint density at radius 3 is 2.68 bits per heavy atom. The van der Waals surface area contributed by atoms with Crippen molar-refractivity contribution in [1.82, 2.24) is 5.32 Å². The van der Waals surface area contributed by atoms with E-state index in [0.29, 0.717) is 18.1 Å². The Kier molecular flexibility index (Phi) is 5.56. The molecule has 0 bridgehead atoms. The summed E-state index contributed by atoms with van der Waals surface area (Å²) in [5.74, 6) is 0.463. The largest absolute Gasteiger partial charge is 0.383 e. The van der Waals surface area contributed by atoms with Gasteiger partial charge in [0.05, 0.1) is 6.61 Å². The molecule has 1 amide bonds. The number of benzene rings is 2. The molecule has 0 heterocycles. The number of carbonyl (C=O) groups excluding carboxylic acids is 1. The number of amides is 1. The van der Waals surface area contributed by atoms with Crippen molar-refractivity contribution in [1.29, 1.82) is 0 Å². The molecule has 3 nitrogen and oxygen atoms in total. The maximum Gasteiger partial charge on any atom is 0.251 e. The summed E-state index contributed by atoms with van der Waals surface area (Å²) in [5, 5.41) is 5.30. The van der Waals surface area contributed by atoms with E-state index in [1.165, 1.54) is 10.9 Å². The van der Waals surface area contributed by atoms with Crippen molar-refractivity contribution in [3.05, 3.63) is 47.5 Å². The molecule has 118 valence electrons. The zero-order chi connectivity index (χ0) is 16.1. The van der Waals surface area contributed by atoms with Gasteiger partial charge in [-0.15, -0.1) is 0 Å². The molecule has 3 heteroatoms. The van der Waals surface area contributed by atoms with Gasteiger partial charge in [-0.25, -0.2) is 0 Å². The standard InChI is InChI=1S/C19H25NO2/c1-5-13(2)17-8-6-7-15-11-16(9-10-18(15)17)19(21)20-14(3)12-22-4/h6-11,13-14H,5,12H2,1-4H3,(H,20,21). The average molecular weight is 299 g/mol. The van der Waals surface area contributed by atoms with E-state index in [1.807, 2.05) is 19.1 Å². The monoisotopic (exact) mass is 299 g/mol. The van der Waals surface area contributed by atoms with Crippen LogP contribution < -0.4 is 5.32 Å². The highest BCUT2D eigenvalue weighted by molar-refractivity contribution is 5.99. The van der Waals surface area contributed by atoms with Crippen LogP contribution in [0.2, 0.25) is 0 Å². The van der Waals surface area contributed by atoms with Gasteiger partial charge in [0.15, 0.2) is 0 Å². The first-order valence-electron chi connectivity index (χ1n) is 7.89. The van der Waals surface area contributed by atoms with Gasteiger partial charge in [0.25, 0.3) is 5.91 Å². The molecule has 2 rings (SSSR count). The Labute approximate surface area is 132 Å². The Bertz CT molecular complexity index is 651. The van der Waals surface area contributed by atoms with Gasteiger partial charge in [0.2, 0.25) is 0 Å². The average Bonchev–Trinajstić information content (AvgIpc) is 2.53. The van der Waals surface area contributed by atoms with E-state index >= 15 is 0 Å². The third-order valence-electron chi connectivity index (χ3n) is 4.11. The van der Waals surface area contributed by atoms with E-state index in [2.05, 4.69) is 43.4 Å². The molecular weight excluding hydrogens is 274 g/mol. The highest BCUT2D eigenvalue weighted by Crippen LogP contribution is 2.28. The zero-order valence-corrected chi connectivity index (χ0v) is 13.8. The Balaban J connectivity index is 2.29. The van der Waals surface area contributed by atoms with Gasteiger partial charge in [0, 0.05) is 18.7 Å². The van der Waals surface area contributed by atoms with Crippen molar-refractivity contribution >= 4 is 16.7 Å². The number of carbonyl (C=O) groups is 1. The van der Waals surface area contributed by atoms with E-state index in [1.54, 1.807) is 7.11 Å². The van der Waals surface area contributed by atoms with Gasteiger partial charge in [0.1, 0.15) is 0 Å². The van der Waals surface area contributed by atoms with Crippen molar-refractivity contribution in [2.45, 2.75) is 39.2 Å². The van der Waals surface area contributed by atoms with Crippen LogP contribution in [-0.4, -0.2) is 25.7 Å². The fourth-order valence-electron chi connectivity index (χ4n) is 2.70. The smallest absolute Gasteiger partial charge is 0.251 e. The molecule has 0 saturated carbocycles. The first-order chi connectivity index (χ1) is 10.6. The van der Waals surface area contributed by atoms with Crippen molar-refractivity contribution in [2.24, 2.45) is 0 Å². The molecule has 0 saturated heterocycles. The molecule has 2 aromatic carbocycles. The molecule has 0 aliphatic heterocycles. The highest BCUT2D eigenvalue weighted by Gasteiger charge is 2.12. The molecule has 2 aromatic rings. The summed E-state index contributed by atoms with van der Waals surface area (Å²) in [6.45, 7) is 6.88. The molecular formula is C19H25NO2. The zero-order valence-electron chi connectivity index (χ0n) is 13.8. The van der Waals surface area contributed by atoms with Crippen LogP contribution in [0, 0.1) is 0 Å². The van der Waals surface area contributed by atoms with Crippen LogP contribution in [0.1, 0.15) is 49.0 Å². The summed E-state index contributed by atoms with van der Waals surface area (Å²) in [6, 6.07) is 12.2. The number of fused-ring (bicyclic) bond motifs is 1. The minimum Gasteiger partial charge on any atom is -0.383 e. The Morgan fingerprint density at radius 2 is 2.00 bits per heavy atom. The van der Waals surface area contributed by atoms with E-state index < -0.39 is 0 Å². The fraction of sp³-hybridized carbons (Fsp3) is 0.421. The van der Waals surface area contributed by atoms with E-state index in [-0.39, 0.29) is 11.9 Å². The summed E-state index contributed by atoms with van der Waals surface area (Å²) in [7, 11) is 1.63. The summed E-state index contributed by atoms with van der Waals surface area (Å²) >= 11 is 0. The normalized spacial score (nSPS) is 13.8. The first-order valence-corrected chi connectivity index (χ1v) is 7.89. The molecule has 22 heavy (non-hydrogen) atoms. The van der Waals surface area contributed by atoms with Gasteiger partial charge < -0.3 is 10.1 Å². The van der Waals surface area contributed by atoms with Crippen LogP contribution in [0.5, 0.6) is 0 Å². The predicted molar refractivity (Wildman–Crippen MR) is 91.5 cm³/mol. The van der Waals surface area contributed by atoms with E-state index in [4.69, 9.17) is 4.74 Å². The maximum absolute atomic E-state index is 12.3. The Hall–Kier alpha value is -1.87. The topological polar surface area (TPSA) is 38.3 Å². The highest BCUT2D eigenvalue weighted by atomic mass is 16.5. The van der Waals surface area contributed by atoms with E-state index in [0.717, 1.165) is 11.8 Å². The molecule has 0 aromatic heterocycles. The second kappa shape index (κ2) is 7.41. The number of nitrogens with one attached hydrogen (secondary N) is 1. The lowest BCUT2D eigenvalue weighted by atomic mass is 9.92. The van der Waals surface area contributed by atoms with Gasteiger partial charge in [-0.3, -0.25) is 4.79 Å². The number of rotatable bonds is 6. The minimum atomic E-state index is -0.0552. The number of hydrogen-bond acceptors (Lipinski definition) is 2. The van der Waals surface area contributed by atoms with Crippen molar-refractivity contribution < 1.29 is 9.53 Å². The van der Waals surface area contributed by atoms with Crippen LogP contribution >= 0.6 is 0 Å². The first kappa shape index (κ1) is 16.5. The summed E-state index contributed by atoms with van der Waals surface area (Å²) < 4.78 is 5.05. The number of methoxy groups -OCH3 is 1. The van der Waals surface area contributed by atoms with Gasteiger partial charge in [-0.1, -0.05) is 38.1 Å². The molecule has 1 N–H and O–H groups in total. The Morgan fingerprint density at radius 1 is 1.23 bits per heavy atom. The number of ether oxygens (including phenoxy) is 1. The fourth-order valence-corrected chi connectivity index (χ4v) is 2.70. The molecule has 2 atom stereocenters. The summed E-state index contributed by atoms with van der Waals surface area (Å²) in [6.07, 6.45) is 1.11. The molecule has 0 spiro atoms. The van der Waals surface area contributed by atoms with E-state index in [9.17, 15) is 4.79 Å². The lowest BCUT2D eigenvalue weighted by Gasteiger charge is -2.15. The lowest BCUT2D eigenvalue weighted by molar-refractivity contribution is 0.0905. The summed E-state index contributed by atoms with van der Waals surface area (Å²) in [4.78, 5) is 12.3. The molecule has 0 aliphatic rings. The molecule has 0 radical (unpaired) electrons. The summed E-state index contributed by atoms with van der Waals surface area (Å²) in [5.41, 5.74) is 2.04. The molecule has 0 aliphatic carbocycles. The van der Waals surface area contributed by atoms with Crippen molar-refractivity contribution in [3.63, 3.8) is 0 Å². The SMILES string of the molecule is CCC(C)c1cccc2cc(C(=O)NC(C)COC)ccc12. The molecule has 0 fully saturated rings. The maximum atomic E-state index is 12.3.